The van der Waals surface area contributed by atoms with E-state index >= 15 is 0 Å². The highest BCUT2D eigenvalue weighted by Crippen LogP contribution is 2.25. The van der Waals surface area contributed by atoms with Crippen molar-refractivity contribution in [1.82, 2.24) is 0 Å². The molecule has 158 valence electrons. The lowest BCUT2D eigenvalue weighted by Gasteiger charge is -2.19. The van der Waals surface area contributed by atoms with Gasteiger partial charge in [-0.2, -0.15) is 0 Å². The zero-order chi connectivity index (χ0) is 21.7. The van der Waals surface area contributed by atoms with E-state index in [2.05, 4.69) is 5.32 Å². The number of ether oxygens (including phenoxy) is 1. The smallest absolute Gasteiger partial charge is 0.342 e. The molecule has 1 aromatic carbocycles. The number of benzene rings is 1. The minimum absolute atomic E-state index is 0.0382. The predicted octanol–water partition coefficient (Wildman–Crippen LogP) is 0.748. The molecule has 1 aromatic heterocycles. The first-order chi connectivity index (χ1) is 13.6. The summed E-state index contributed by atoms with van der Waals surface area (Å²) in [6, 6.07) is 6.55. The summed E-state index contributed by atoms with van der Waals surface area (Å²) < 4.78 is 10.2. The molecule has 9 heteroatoms. The summed E-state index contributed by atoms with van der Waals surface area (Å²) >= 11 is 0. The van der Waals surface area contributed by atoms with Gasteiger partial charge in [0.2, 0.25) is 0 Å². The molecule has 9 nitrogen and oxygen atoms in total. The van der Waals surface area contributed by atoms with E-state index in [1.165, 1.54) is 6.92 Å². The van der Waals surface area contributed by atoms with Crippen molar-refractivity contribution in [1.29, 1.82) is 0 Å². The highest BCUT2D eigenvalue weighted by molar-refractivity contribution is 5.96. The molecule has 0 fully saturated rings. The molecule has 29 heavy (non-hydrogen) atoms. The lowest BCUT2D eigenvalue weighted by Crippen LogP contribution is -2.34. The van der Waals surface area contributed by atoms with Crippen LogP contribution in [-0.2, 0) is 9.53 Å². The van der Waals surface area contributed by atoms with Crippen LogP contribution in [0.5, 0.6) is 0 Å². The summed E-state index contributed by atoms with van der Waals surface area (Å²) in [5.74, 6) is -1.46. The van der Waals surface area contributed by atoms with Crippen LogP contribution in [-0.4, -0.2) is 57.7 Å². The van der Waals surface area contributed by atoms with Crippen molar-refractivity contribution in [2.45, 2.75) is 39.1 Å². The molecule has 1 amide bonds. The Morgan fingerprint density at radius 2 is 1.79 bits per heavy atom. The number of hydrogen-bond donors (Lipinski definition) is 5. The average molecular weight is 407 g/mol. The van der Waals surface area contributed by atoms with E-state index in [0.717, 1.165) is 17.2 Å². The van der Waals surface area contributed by atoms with E-state index < -0.39 is 43.4 Å². The van der Waals surface area contributed by atoms with Gasteiger partial charge < -0.3 is 34.9 Å². The summed E-state index contributed by atoms with van der Waals surface area (Å²) in [4.78, 5) is 24.2. The van der Waals surface area contributed by atoms with Crippen LogP contribution in [0.2, 0.25) is 0 Å². The van der Waals surface area contributed by atoms with Crippen molar-refractivity contribution in [2.24, 2.45) is 0 Å². The number of aliphatic hydroxyl groups is 4. The number of carbonyl (C=O) groups excluding carboxylic acids is 2. The largest absolute Gasteiger partial charge is 0.463 e. The van der Waals surface area contributed by atoms with Crippen LogP contribution < -0.4 is 5.32 Å². The maximum Gasteiger partial charge on any atom is 0.342 e. The molecule has 0 spiro atoms. The summed E-state index contributed by atoms with van der Waals surface area (Å²) in [6.45, 7) is 4.01. The Hall–Kier alpha value is -2.72. The van der Waals surface area contributed by atoms with Crippen molar-refractivity contribution >= 4 is 17.6 Å². The SMILES string of the molecule is Cc1ccc(NC(=O)COC(=O)c2cc([C@H](O)[C@H](O)[C@H](O)CO)oc2C)cc1C. The Bertz CT molecular complexity index is 875. The fourth-order valence-electron chi connectivity index (χ4n) is 2.57. The molecular weight excluding hydrogens is 382 g/mol. The van der Waals surface area contributed by atoms with E-state index in [0.29, 0.717) is 5.69 Å². The van der Waals surface area contributed by atoms with Crippen LogP contribution in [0.25, 0.3) is 0 Å². The maximum atomic E-state index is 12.2. The van der Waals surface area contributed by atoms with Gasteiger partial charge in [-0.25, -0.2) is 4.79 Å². The zero-order valence-corrected chi connectivity index (χ0v) is 16.4. The topological polar surface area (TPSA) is 149 Å². The number of hydrogen-bond acceptors (Lipinski definition) is 8. The fourth-order valence-corrected chi connectivity index (χ4v) is 2.57. The van der Waals surface area contributed by atoms with Gasteiger partial charge in [-0.3, -0.25) is 4.79 Å². The van der Waals surface area contributed by atoms with Gasteiger partial charge >= 0.3 is 5.97 Å². The molecule has 2 aromatic rings. The number of nitrogens with one attached hydrogen (secondary N) is 1. The van der Waals surface area contributed by atoms with Crippen LogP contribution in [0.3, 0.4) is 0 Å². The van der Waals surface area contributed by atoms with Gasteiger partial charge in [-0.1, -0.05) is 6.07 Å². The summed E-state index contributed by atoms with van der Waals surface area (Å²) in [5, 5.41) is 40.6. The van der Waals surface area contributed by atoms with E-state index in [-0.39, 0.29) is 17.1 Å². The van der Waals surface area contributed by atoms with E-state index in [4.69, 9.17) is 14.3 Å². The van der Waals surface area contributed by atoms with Crippen molar-refractivity contribution < 1.29 is 39.2 Å². The predicted molar refractivity (Wildman–Crippen MR) is 102 cm³/mol. The molecule has 0 bridgehead atoms. The second kappa shape index (κ2) is 9.66. The van der Waals surface area contributed by atoms with Crippen LogP contribution in [0.1, 0.15) is 39.1 Å². The summed E-state index contributed by atoms with van der Waals surface area (Å²) in [6.07, 6.45) is -4.96. The zero-order valence-electron chi connectivity index (χ0n) is 16.4. The number of aryl methyl sites for hydroxylation is 3. The standard InChI is InChI=1S/C20H25NO8/c1-10-4-5-13(6-11(10)2)21-17(24)9-28-20(27)14-7-16(29-12(14)3)19(26)18(25)15(23)8-22/h4-7,15,18-19,22-23,25-26H,8-9H2,1-3H3,(H,21,24)/t15-,18-,19+/m1/s1. The van der Waals surface area contributed by atoms with Crippen LogP contribution in [0.15, 0.2) is 28.7 Å². The van der Waals surface area contributed by atoms with E-state index in [9.17, 15) is 24.9 Å². The molecule has 0 saturated carbocycles. The van der Waals surface area contributed by atoms with Gasteiger partial charge in [-0.15, -0.1) is 0 Å². The lowest BCUT2D eigenvalue weighted by atomic mass is 10.1. The number of rotatable bonds is 8. The molecule has 0 aliphatic carbocycles. The number of aliphatic hydroxyl groups excluding tert-OH is 4. The molecule has 0 aliphatic rings. The van der Waals surface area contributed by atoms with E-state index in [1.54, 1.807) is 12.1 Å². The van der Waals surface area contributed by atoms with Gasteiger partial charge in [0, 0.05) is 5.69 Å². The molecule has 0 unspecified atom stereocenters. The molecule has 0 saturated heterocycles. The highest BCUT2D eigenvalue weighted by atomic mass is 16.5. The Morgan fingerprint density at radius 3 is 2.41 bits per heavy atom. The van der Waals surface area contributed by atoms with Gasteiger partial charge in [0.1, 0.15) is 35.4 Å². The second-order valence-electron chi connectivity index (χ2n) is 6.73. The Kier molecular flexibility index (Phi) is 7.52. The Labute approximate surface area is 167 Å². The number of anilines is 1. The molecule has 0 radical (unpaired) electrons. The van der Waals surface area contributed by atoms with Crippen molar-refractivity contribution in [2.75, 3.05) is 18.5 Å². The molecule has 0 aliphatic heterocycles. The van der Waals surface area contributed by atoms with Crippen LogP contribution >= 0.6 is 0 Å². The monoisotopic (exact) mass is 407 g/mol. The Morgan fingerprint density at radius 1 is 1.10 bits per heavy atom. The van der Waals surface area contributed by atoms with Gasteiger partial charge in [0.15, 0.2) is 6.61 Å². The first kappa shape index (κ1) is 22.6. The van der Waals surface area contributed by atoms with Gasteiger partial charge in [0.05, 0.1) is 6.61 Å². The molecular formula is C20H25NO8. The third-order valence-electron chi connectivity index (χ3n) is 4.48. The maximum absolute atomic E-state index is 12.2. The van der Waals surface area contributed by atoms with Crippen molar-refractivity contribution in [3.8, 4) is 0 Å². The van der Waals surface area contributed by atoms with Crippen LogP contribution in [0.4, 0.5) is 5.69 Å². The highest BCUT2D eigenvalue weighted by Gasteiger charge is 2.30. The quantitative estimate of drug-likeness (QED) is 0.402. The normalized spacial score (nSPS) is 14.2. The van der Waals surface area contributed by atoms with E-state index in [1.807, 2.05) is 19.9 Å². The number of amides is 1. The third-order valence-corrected chi connectivity index (χ3v) is 4.48. The second-order valence-corrected chi connectivity index (χ2v) is 6.73. The van der Waals surface area contributed by atoms with Crippen molar-refractivity contribution in [3.05, 3.63) is 52.5 Å². The summed E-state index contributed by atoms with van der Waals surface area (Å²) in [7, 11) is 0. The minimum Gasteiger partial charge on any atom is -0.463 e. The fraction of sp³-hybridized carbons (Fsp3) is 0.400. The molecule has 3 atom stereocenters. The number of esters is 1. The lowest BCUT2D eigenvalue weighted by molar-refractivity contribution is -0.119. The van der Waals surface area contributed by atoms with Crippen LogP contribution in [0, 0.1) is 20.8 Å². The first-order valence-electron chi connectivity index (χ1n) is 8.93. The molecule has 2 rings (SSSR count). The molecule has 1 heterocycles. The van der Waals surface area contributed by atoms with Crippen molar-refractivity contribution in [3.63, 3.8) is 0 Å². The summed E-state index contributed by atoms with van der Waals surface area (Å²) in [5.41, 5.74) is 2.63. The first-order valence-corrected chi connectivity index (χ1v) is 8.93. The van der Waals surface area contributed by atoms with Gasteiger partial charge in [-0.05, 0) is 50.1 Å². The molecule has 5 N–H and O–H groups in total. The Balaban J connectivity index is 1.97. The number of carbonyl (C=O) groups is 2. The average Bonchev–Trinajstić information content (AvgIpc) is 3.08. The third kappa shape index (κ3) is 5.64. The number of furan rings is 1. The van der Waals surface area contributed by atoms with Gasteiger partial charge in [0.25, 0.3) is 5.91 Å². The minimum atomic E-state index is -1.71.